The minimum atomic E-state index is -4.47. The predicted molar refractivity (Wildman–Crippen MR) is 54.0 cm³/mol. The highest BCUT2D eigenvalue weighted by molar-refractivity contribution is 6.33. The molecule has 2 rings (SSSR count). The Kier molecular flexibility index (Phi) is 2.63. The van der Waals surface area contributed by atoms with E-state index in [4.69, 9.17) is 11.6 Å². The second-order valence-corrected chi connectivity index (χ2v) is 3.54. The first-order valence-electron chi connectivity index (χ1n) is 4.35. The third kappa shape index (κ3) is 1.90. The highest BCUT2D eigenvalue weighted by Crippen LogP contribution is 2.37. The smallest absolute Gasteiger partial charge is 0.273 e. The van der Waals surface area contributed by atoms with Gasteiger partial charge in [-0.15, -0.1) is 0 Å². The van der Waals surface area contributed by atoms with Gasteiger partial charge in [-0.05, 0) is 6.07 Å². The second-order valence-electron chi connectivity index (χ2n) is 3.14. The lowest BCUT2D eigenvalue weighted by molar-refractivity contribution is -0.140. The maximum Gasteiger partial charge on any atom is 0.433 e. The maximum absolute atomic E-state index is 12.6. The highest BCUT2D eigenvalue weighted by Gasteiger charge is 2.36. The van der Waals surface area contributed by atoms with E-state index in [9.17, 15) is 13.2 Å². The van der Waals surface area contributed by atoms with Gasteiger partial charge in [0, 0.05) is 16.1 Å². The largest absolute Gasteiger partial charge is 0.433 e. The SMILES string of the molecule is FC(F)(F)c1[nH]ncc1-c1ccccc1Cl. The molecule has 0 bridgehead atoms. The second kappa shape index (κ2) is 3.83. The van der Waals surface area contributed by atoms with E-state index >= 15 is 0 Å². The van der Waals surface area contributed by atoms with E-state index in [1.54, 1.807) is 12.1 Å². The fraction of sp³-hybridized carbons (Fsp3) is 0.100. The molecule has 0 unspecified atom stereocenters. The van der Waals surface area contributed by atoms with Crippen LogP contribution in [0, 0.1) is 0 Å². The Morgan fingerprint density at radius 1 is 1.12 bits per heavy atom. The van der Waals surface area contributed by atoms with Crippen LogP contribution >= 0.6 is 11.6 Å². The molecule has 0 radical (unpaired) electrons. The van der Waals surface area contributed by atoms with Crippen molar-refractivity contribution in [1.82, 2.24) is 10.2 Å². The van der Waals surface area contributed by atoms with E-state index in [0.717, 1.165) is 6.20 Å². The molecule has 1 aromatic carbocycles. The third-order valence-corrected chi connectivity index (χ3v) is 2.42. The van der Waals surface area contributed by atoms with Crippen molar-refractivity contribution >= 4 is 11.6 Å². The molecule has 0 fully saturated rings. The predicted octanol–water partition coefficient (Wildman–Crippen LogP) is 3.75. The number of halogens is 4. The quantitative estimate of drug-likeness (QED) is 0.816. The van der Waals surface area contributed by atoms with Crippen LogP contribution in [0.5, 0.6) is 0 Å². The molecular weight excluding hydrogens is 241 g/mol. The van der Waals surface area contributed by atoms with Crippen LogP contribution in [-0.2, 0) is 6.18 Å². The van der Waals surface area contributed by atoms with Gasteiger partial charge in [0.1, 0.15) is 5.69 Å². The van der Waals surface area contributed by atoms with Crippen LogP contribution in [0.15, 0.2) is 30.5 Å². The topological polar surface area (TPSA) is 28.7 Å². The van der Waals surface area contributed by atoms with Crippen LogP contribution in [0.25, 0.3) is 11.1 Å². The zero-order chi connectivity index (χ0) is 11.8. The van der Waals surface area contributed by atoms with Gasteiger partial charge in [-0.3, -0.25) is 5.10 Å². The van der Waals surface area contributed by atoms with Crippen molar-refractivity contribution in [3.63, 3.8) is 0 Å². The number of benzene rings is 1. The van der Waals surface area contributed by atoms with Gasteiger partial charge in [-0.1, -0.05) is 29.8 Å². The highest BCUT2D eigenvalue weighted by atomic mass is 35.5. The monoisotopic (exact) mass is 246 g/mol. The molecule has 0 saturated heterocycles. The number of H-pyrrole nitrogens is 1. The summed E-state index contributed by atoms with van der Waals surface area (Å²) in [5.74, 6) is 0. The third-order valence-electron chi connectivity index (χ3n) is 2.09. The Bertz CT molecular complexity index is 505. The molecule has 0 saturated carbocycles. The van der Waals surface area contributed by atoms with Gasteiger partial charge in [-0.25, -0.2) is 0 Å². The van der Waals surface area contributed by atoms with Gasteiger partial charge in [-0.2, -0.15) is 18.3 Å². The number of aromatic nitrogens is 2. The Morgan fingerprint density at radius 3 is 2.44 bits per heavy atom. The van der Waals surface area contributed by atoms with E-state index in [0.29, 0.717) is 5.56 Å². The van der Waals surface area contributed by atoms with Gasteiger partial charge in [0.25, 0.3) is 0 Å². The van der Waals surface area contributed by atoms with Crippen molar-refractivity contribution in [2.24, 2.45) is 0 Å². The molecule has 0 aliphatic carbocycles. The van der Waals surface area contributed by atoms with Crippen molar-refractivity contribution in [2.75, 3.05) is 0 Å². The van der Waals surface area contributed by atoms with E-state index < -0.39 is 11.9 Å². The maximum atomic E-state index is 12.6. The first-order valence-corrected chi connectivity index (χ1v) is 4.73. The summed E-state index contributed by atoms with van der Waals surface area (Å²) in [6.45, 7) is 0. The van der Waals surface area contributed by atoms with Crippen molar-refractivity contribution in [2.45, 2.75) is 6.18 Å². The molecule has 16 heavy (non-hydrogen) atoms. The molecule has 0 aliphatic heterocycles. The first-order chi connectivity index (χ1) is 7.50. The normalized spacial score (nSPS) is 11.8. The van der Waals surface area contributed by atoms with E-state index in [2.05, 4.69) is 5.10 Å². The molecule has 0 spiro atoms. The summed E-state index contributed by atoms with van der Waals surface area (Å²) < 4.78 is 37.8. The van der Waals surface area contributed by atoms with Gasteiger partial charge < -0.3 is 0 Å². The van der Waals surface area contributed by atoms with Crippen molar-refractivity contribution < 1.29 is 13.2 Å². The van der Waals surface area contributed by atoms with Crippen molar-refractivity contribution in [3.05, 3.63) is 41.2 Å². The Balaban J connectivity index is 2.58. The Morgan fingerprint density at radius 2 is 1.81 bits per heavy atom. The molecule has 0 amide bonds. The zero-order valence-corrected chi connectivity index (χ0v) is 8.60. The van der Waals surface area contributed by atoms with Crippen molar-refractivity contribution in [1.29, 1.82) is 0 Å². The summed E-state index contributed by atoms with van der Waals surface area (Å²) in [4.78, 5) is 0. The number of hydrogen-bond donors (Lipinski definition) is 1. The standard InChI is InChI=1S/C10H6ClF3N2/c11-8-4-2-1-3-6(8)7-5-15-16-9(7)10(12,13)14/h1-5H,(H,15,16). The number of rotatable bonds is 1. The summed E-state index contributed by atoms with van der Waals surface area (Å²) >= 11 is 5.83. The number of alkyl halides is 3. The molecule has 2 aromatic rings. The number of hydrogen-bond acceptors (Lipinski definition) is 1. The molecular formula is C10H6ClF3N2. The lowest BCUT2D eigenvalue weighted by Gasteiger charge is -2.07. The van der Waals surface area contributed by atoms with Crippen LogP contribution in [0.4, 0.5) is 13.2 Å². The summed E-state index contributed by atoms with van der Waals surface area (Å²) in [7, 11) is 0. The van der Waals surface area contributed by atoms with Gasteiger partial charge in [0.15, 0.2) is 0 Å². The zero-order valence-electron chi connectivity index (χ0n) is 7.85. The number of aromatic amines is 1. The molecule has 84 valence electrons. The van der Waals surface area contributed by atoms with E-state index in [1.165, 1.54) is 12.1 Å². The molecule has 1 aromatic heterocycles. The van der Waals surface area contributed by atoms with Gasteiger partial charge in [0.2, 0.25) is 0 Å². The lowest BCUT2D eigenvalue weighted by Crippen LogP contribution is -2.07. The number of nitrogens with one attached hydrogen (secondary N) is 1. The molecule has 1 heterocycles. The Labute approximate surface area is 94.1 Å². The van der Waals surface area contributed by atoms with Crippen LogP contribution in [0.3, 0.4) is 0 Å². The molecule has 6 heteroatoms. The molecule has 0 aliphatic rings. The summed E-state index contributed by atoms with van der Waals surface area (Å²) in [5, 5.41) is 5.60. The average Bonchev–Trinajstić information content (AvgIpc) is 2.66. The summed E-state index contributed by atoms with van der Waals surface area (Å²) in [6, 6.07) is 6.32. The van der Waals surface area contributed by atoms with Gasteiger partial charge >= 0.3 is 6.18 Å². The summed E-state index contributed by atoms with van der Waals surface area (Å²) in [6.07, 6.45) is -3.35. The minimum absolute atomic E-state index is 0.0434. The fourth-order valence-corrected chi connectivity index (χ4v) is 1.62. The average molecular weight is 247 g/mol. The first kappa shape index (κ1) is 11.0. The van der Waals surface area contributed by atoms with Gasteiger partial charge in [0.05, 0.1) is 6.20 Å². The van der Waals surface area contributed by atoms with Crippen LogP contribution in [-0.4, -0.2) is 10.2 Å². The van der Waals surface area contributed by atoms with Crippen LogP contribution < -0.4 is 0 Å². The minimum Gasteiger partial charge on any atom is -0.273 e. The van der Waals surface area contributed by atoms with Crippen LogP contribution in [0.2, 0.25) is 5.02 Å². The van der Waals surface area contributed by atoms with E-state index in [1.807, 2.05) is 5.10 Å². The fourth-order valence-electron chi connectivity index (χ4n) is 1.39. The lowest BCUT2D eigenvalue weighted by atomic mass is 10.1. The van der Waals surface area contributed by atoms with E-state index in [-0.39, 0.29) is 10.6 Å². The summed E-state index contributed by atoms with van der Waals surface area (Å²) in [5.41, 5.74) is -0.621. The van der Waals surface area contributed by atoms with Crippen molar-refractivity contribution in [3.8, 4) is 11.1 Å². The Hall–Kier alpha value is -1.49. The molecule has 2 nitrogen and oxygen atoms in total. The van der Waals surface area contributed by atoms with Crippen LogP contribution in [0.1, 0.15) is 5.69 Å². The molecule has 0 atom stereocenters. The molecule has 1 N–H and O–H groups in total. The number of nitrogens with zero attached hydrogens (tertiary/aromatic N) is 1.